The number of aliphatic hydroxyl groups is 1. The summed E-state index contributed by atoms with van der Waals surface area (Å²) in [6.45, 7) is 4.13. The fourth-order valence-electron chi connectivity index (χ4n) is 3.58. The fraction of sp³-hybridized carbons (Fsp3) is 0.409. The minimum Gasteiger partial charge on any atom is -0.393 e. The van der Waals surface area contributed by atoms with Crippen LogP contribution < -0.4 is 10.6 Å². The maximum Gasteiger partial charge on any atom is 0.260 e. The quantitative estimate of drug-likeness (QED) is 0.594. The second kappa shape index (κ2) is 8.71. The summed E-state index contributed by atoms with van der Waals surface area (Å²) in [5.41, 5.74) is 2.02. The van der Waals surface area contributed by atoms with Crippen LogP contribution in [0.15, 0.2) is 36.8 Å². The molecule has 1 aliphatic rings. The van der Waals surface area contributed by atoms with E-state index >= 15 is 0 Å². The molecule has 0 unspecified atom stereocenters. The number of hydrogen-bond donors (Lipinski definition) is 3. The smallest absolute Gasteiger partial charge is 0.260 e. The highest BCUT2D eigenvalue weighted by Crippen LogP contribution is 2.23. The van der Waals surface area contributed by atoms with Crippen molar-refractivity contribution in [1.29, 1.82) is 0 Å². The Bertz CT molecular complexity index is 1030. The fourth-order valence-corrected chi connectivity index (χ4v) is 3.58. The highest BCUT2D eigenvalue weighted by atomic mass is 16.3. The summed E-state index contributed by atoms with van der Waals surface area (Å²) >= 11 is 0. The first-order valence-corrected chi connectivity index (χ1v) is 10.3. The van der Waals surface area contributed by atoms with Gasteiger partial charge in [0.15, 0.2) is 0 Å². The van der Waals surface area contributed by atoms with Gasteiger partial charge in [0, 0.05) is 30.0 Å². The molecule has 0 aliphatic heterocycles. The standard InChI is InChI=1S/C22H26N6O2/c1-13(2)15-11-23-21(24-12-15)28-20(30)18-5-3-4-14-10-25-22(27-19(14)18)26-16-6-8-17(29)9-7-16/h3-5,10-13,16-17,29H,6-9H2,1-2H3,(H,25,26,27)(H,23,24,28,30). The first kappa shape index (κ1) is 20.2. The van der Waals surface area contributed by atoms with E-state index in [1.54, 1.807) is 30.7 Å². The highest BCUT2D eigenvalue weighted by Gasteiger charge is 2.20. The summed E-state index contributed by atoms with van der Waals surface area (Å²) in [7, 11) is 0. The molecular formula is C22H26N6O2. The Morgan fingerprint density at radius 3 is 2.43 bits per heavy atom. The molecule has 30 heavy (non-hydrogen) atoms. The molecule has 0 saturated heterocycles. The van der Waals surface area contributed by atoms with Crippen molar-refractivity contribution in [2.45, 2.75) is 57.6 Å². The summed E-state index contributed by atoms with van der Waals surface area (Å²) in [6.07, 6.45) is 8.23. The minimum atomic E-state index is -0.316. The number of fused-ring (bicyclic) bond motifs is 1. The first-order valence-electron chi connectivity index (χ1n) is 10.3. The van der Waals surface area contributed by atoms with Crippen LogP contribution in [-0.2, 0) is 0 Å². The van der Waals surface area contributed by atoms with Crippen molar-refractivity contribution in [3.05, 3.63) is 47.9 Å². The number of carbonyl (C=O) groups is 1. The molecule has 8 heteroatoms. The van der Waals surface area contributed by atoms with Gasteiger partial charge in [0.1, 0.15) is 0 Å². The van der Waals surface area contributed by atoms with Gasteiger partial charge < -0.3 is 10.4 Å². The third-order valence-electron chi connectivity index (χ3n) is 5.45. The summed E-state index contributed by atoms with van der Waals surface area (Å²) in [6, 6.07) is 5.63. The minimum absolute atomic E-state index is 0.215. The number of amides is 1. The van der Waals surface area contributed by atoms with Gasteiger partial charge in [-0.3, -0.25) is 10.1 Å². The second-order valence-electron chi connectivity index (χ2n) is 8.04. The van der Waals surface area contributed by atoms with E-state index in [2.05, 4.69) is 44.4 Å². The average Bonchev–Trinajstić information content (AvgIpc) is 2.75. The lowest BCUT2D eigenvalue weighted by atomic mass is 9.93. The number of anilines is 2. The van der Waals surface area contributed by atoms with Gasteiger partial charge in [0.2, 0.25) is 11.9 Å². The maximum atomic E-state index is 12.9. The highest BCUT2D eigenvalue weighted by molar-refractivity contribution is 6.11. The Labute approximate surface area is 175 Å². The molecule has 3 N–H and O–H groups in total. The molecule has 8 nitrogen and oxygen atoms in total. The molecule has 1 aliphatic carbocycles. The summed E-state index contributed by atoms with van der Waals surface area (Å²) in [4.78, 5) is 30.4. The van der Waals surface area contributed by atoms with Crippen LogP contribution >= 0.6 is 0 Å². The number of nitrogens with one attached hydrogen (secondary N) is 2. The third-order valence-corrected chi connectivity index (χ3v) is 5.45. The van der Waals surface area contributed by atoms with Crippen molar-refractivity contribution in [3.63, 3.8) is 0 Å². The number of aromatic nitrogens is 4. The van der Waals surface area contributed by atoms with Crippen molar-refractivity contribution in [1.82, 2.24) is 19.9 Å². The molecule has 156 valence electrons. The first-order chi connectivity index (χ1) is 14.5. The molecule has 1 aromatic carbocycles. The Hall–Kier alpha value is -3.13. The van der Waals surface area contributed by atoms with Crippen LogP contribution in [0, 0.1) is 0 Å². The van der Waals surface area contributed by atoms with Gasteiger partial charge in [0.25, 0.3) is 5.91 Å². The van der Waals surface area contributed by atoms with Crippen LogP contribution in [-0.4, -0.2) is 43.1 Å². The van der Waals surface area contributed by atoms with Crippen LogP contribution in [0.2, 0.25) is 0 Å². The van der Waals surface area contributed by atoms with E-state index in [0.29, 0.717) is 22.9 Å². The van der Waals surface area contributed by atoms with Gasteiger partial charge in [-0.05, 0) is 43.2 Å². The molecule has 2 aromatic heterocycles. The third kappa shape index (κ3) is 4.54. The van der Waals surface area contributed by atoms with Gasteiger partial charge in [-0.15, -0.1) is 0 Å². The Kier molecular flexibility index (Phi) is 5.85. The number of aliphatic hydroxyl groups excluding tert-OH is 1. The van der Waals surface area contributed by atoms with Crippen LogP contribution in [0.5, 0.6) is 0 Å². The average molecular weight is 406 g/mol. The summed E-state index contributed by atoms with van der Waals surface area (Å²) in [5, 5.41) is 16.6. The van der Waals surface area contributed by atoms with Crippen molar-refractivity contribution in [3.8, 4) is 0 Å². The molecule has 0 atom stereocenters. The number of hydrogen-bond acceptors (Lipinski definition) is 7. The van der Waals surface area contributed by atoms with Crippen molar-refractivity contribution in [2.75, 3.05) is 10.6 Å². The normalized spacial score (nSPS) is 19.1. The summed E-state index contributed by atoms with van der Waals surface area (Å²) in [5.74, 6) is 0.752. The molecule has 1 fully saturated rings. The van der Waals surface area contributed by atoms with E-state index in [1.165, 1.54) is 0 Å². The molecule has 0 radical (unpaired) electrons. The van der Waals surface area contributed by atoms with Crippen molar-refractivity contribution >= 4 is 28.7 Å². The van der Waals surface area contributed by atoms with E-state index < -0.39 is 0 Å². The molecule has 3 aromatic rings. The molecule has 4 rings (SSSR count). The van der Waals surface area contributed by atoms with E-state index in [9.17, 15) is 9.90 Å². The van der Waals surface area contributed by atoms with E-state index in [1.807, 2.05) is 6.07 Å². The van der Waals surface area contributed by atoms with E-state index in [4.69, 9.17) is 0 Å². The Morgan fingerprint density at radius 2 is 1.73 bits per heavy atom. The largest absolute Gasteiger partial charge is 0.393 e. The lowest BCUT2D eigenvalue weighted by Gasteiger charge is -2.26. The number of benzene rings is 1. The van der Waals surface area contributed by atoms with Crippen LogP contribution in [0.1, 0.15) is 61.4 Å². The molecule has 1 saturated carbocycles. The van der Waals surface area contributed by atoms with Crippen LogP contribution in [0.25, 0.3) is 10.9 Å². The van der Waals surface area contributed by atoms with Gasteiger partial charge in [-0.1, -0.05) is 26.0 Å². The zero-order chi connectivity index (χ0) is 21.1. The number of carbonyl (C=O) groups excluding carboxylic acids is 1. The Morgan fingerprint density at radius 1 is 1.03 bits per heavy atom. The monoisotopic (exact) mass is 406 g/mol. The zero-order valence-corrected chi connectivity index (χ0v) is 17.2. The number of para-hydroxylation sites is 1. The van der Waals surface area contributed by atoms with Gasteiger partial charge >= 0.3 is 0 Å². The van der Waals surface area contributed by atoms with Crippen LogP contribution in [0.4, 0.5) is 11.9 Å². The van der Waals surface area contributed by atoms with Gasteiger partial charge in [0.05, 0.1) is 17.2 Å². The lowest BCUT2D eigenvalue weighted by molar-refractivity contribution is 0.102. The molecule has 1 amide bonds. The number of nitrogens with zero attached hydrogens (tertiary/aromatic N) is 4. The molecular weight excluding hydrogens is 380 g/mol. The van der Waals surface area contributed by atoms with Gasteiger partial charge in [-0.2, -0.15) is 0 Å². The summed E-state index contributed by atoms with van der Waals surface area (Å²) < 4.78 is 0. The lowest BCUT2D eigenvalue weighted by Crippen LogP contribution is -2.29. The van der Waals surface area contributed by atoms with Crippen molar-refractivity contribution in [2.24, 2.45) is 0 Å². The Balaban J connectivity index is 1.54. The SMILES string of the molecule is CC(C)c1cnc(NC(=O)c2cccc3cnc(NC4CCC(O)CC4)nc23)nc1. The maximum absolute atomic E-state index is 12.9. The van der Waals surface area contributed by atoms with Crippen LogP contribution in [0.3, 0.4) is 0 Å². The molecule has 0 spiro atoms. The van der Waals surface area contributed by atoms with Crippen molar-refractivity contribution < 1.29 is 9.90 Å². The van der Waals surface area contributed by atoms with E-state index in [-0.39, 0.29) is 24.0 Å². The molecule has 2 heterocycles. The zero-order valence-electron chi connectivity index (χ0n) is 17.2. The molecule has 0 bridgehead atoms. The van der Waals surface area contributed by atoms with Gasteiger partial charge in [-0.25, -0.2) is 19.9 Å². The predicted octanol–water partition coefficient (Wildman–Crippen LogP) is 3.51. The topological polar surface area (TPSA) is 113 Å². The second-order valence-corrected chi connectivity index (χ2v) is 8.04. The number of rotatable bonds is 5. The van der Waals surface area contributed by atoms with E-state index in [0.717, 1.165) is 36.6 Å². The predicted molar refractivity (Wildman–Crippen MR) is 115 cm³/mol.